The SMILES string of the molecule is Fc1cccc(F)c1[C@@H]1C[C@H]1NC(=S)Nc1ccc(Br)cn1. The molecule has 1 fully saturated rings. The molecule has 114 valence electrons. The summed E-state index contributed by atoms with van der Waals surface area (Å²) in [5.41, 5.74) is 0.129. The van der Waals surface area contributed by atoms with Gasteiger partial charge in [0.15, 0.2) is 5.11 Å². The lowest BCUT2D eigenvalue weighted by Gasteiger charge is -2.10. The van der Waals surface area contributed by atoms with E-state index in [1.165, 1.54) is 18.2 Å². The maximum Gasteiger partial charge on any atom is 0.172 e. The Balaban J connectivity index is 1.59. The van der Waals surface area contributed by atoms with Gasteiger partial charge in [0, 0.05) is 28.2 Å². The zero-order chi connectivity index (χ0) is 15.7. The van der Waals surface area contributed by atoms with Gasteiger partial charge in [-0.05, 0) is 58.8 Å². The van der Waals surface area contributed by atoms with Gasteiger partial charge in [-0.3, -0.25) is 0 Å². The highest BCUT2D eigenvalue weighted by molar-refractivity contribution is 9.10. The highest BCUT2D eigenvalue weighted by atomic mass is 79.9. The van der Waals surface area contributed by atoms with Crippen LogP contribution in [0.1, 0.15) is 17.9 Å². The van der Waals surface area contributed by atoms with Gasteiger partial charge in [0.25, 0.3) is 0 Å². The van der Waals surface area contributed by atoms with Crippen molar-refractivity contribution in [1.29, 1.82) is 0 Å². The fourth-order valence-electron chi connectivity index (χ4n) is 2.31. The second-order valence-electron chi connectivity index (χ2n) is 5.04. The minimum Gasteiger partial charge on any atom is -0.359 e. The maximum absolute atomic E-state index is 13.7. The first-order chi connectivity index (χ1) is 10.5. The number of rotatable bonds is 3. The monoisotopic (exact) mass is 383 g/mol. The van der Waals surface area contributed by atoms with Crippen LogP contribution in [0.5, 0.6) is 0 Å². The first kappa shape index (κ1) is 15.3. The molecular weight excluding hydrogens is 372 g/mol. The first-order valence-electron chi connectivity index (χ1n) is 6.67. The van der Waals surface area contributed by atoms with Gasteiger partial charge in [0.1, 0.15) is 17.5 Å². The molecule has 2 N–H and O–H groups in total. The fraction of sp³-hybridized carbons (Fsp3) is 0.200. The number of hydrogen-bond acceptors (Lipinski definition) is 2. The number of benzene rings is 1. The molecule has 1 saturated carbocycles. The van der Waals surface area contributed by atoms with Crippen LogP contribution in [0, 0.1) is 11.6 Å². The van der Waals surface area contributed by atoms with Gasteiger partial charge in [-0.2, -0.15) is 0 Å². The topological polar surface area (TPSA) is 37.0 Å². The van der Waals surface area contributed by atoms with E-state index in [2.05, 4.69) is 31.5 Å². The first-order valence-corrected chi connectivity index (χ1v) is 7.87. The van der Waals surface area contributed by atoms with Crippen molar-refractivity contribution in [3.8, 4) is 0 Å². The molecule has 7 heteroatoms. The molecule has 3 rings (SSSR count). The van der Waals surface area contributed by atoms with Crippen molar-refractivity contribution in [2.45, 2.75) is 18.4 Å². The number of anilines is 1. The molecule has 1 aliphatic rings. The Hall–Kier alpha value is -1.60. The summed E-state index contributed by atoms with van der Waals surface area (Å²) in [6.07, 6.45) is 2.30. The van der Waals surface area contributed by atoms with Crippen LogP contribution in [0.2, 0.25) is 0 Å². The summed E-state index contributed by atoms with van der Waals surface area (Å²) in [5.74, 6) is -0.612. The minimum absolute atomic E-state index is 0.0677. The van der Waals surface area contributed by atoms with Crippen molar-refractivity contribution in [3.05, 3.63) is 58.2 Å². The van der Waals surface area contributed by atoms with E-state index in [1.54, 1.807) is 12.3 Å². The molecule has 1 aliphatic carbocycles. The second-order valence-corrected chi connectivity index (χ2v) is 6.37. The number of nitrogens with one attached hydrogen (secondary N) is 2. The van der Waals surface area contributed by atoms with E-state index >= 15 is 0 Å². The van der Waals surface area contributed by atoms with Crippen LogP contribution in [0.15, 0.2) is 41.0 Å². The fourth-order valence-corrected chi connectivity index (χ4v) is 2.80. The molecule has 0 radical (unpaired) electrons. The van der Waals surface area contributed by atoms with Crippen molar-refractivity contribution < 1.29 is 8.78 Å². The van der Waals surface area contributed by atoms with Gasteiger partial charge in [-0.25, -0.2) is 13.8 Å². The van der Waals surface area contributed by atoms with Crippen molar-refractivity contribution >= 4 is 39.1 Å². The van der Waals surface area contributed by atoms with Gasteiger partial charge in [-0.1, -0.05) is 6.07 Å². The average molecular weight is 384 g/mol. The average Bonchev–Trinajstić information content (AvgIpc) is 3.20. The molecule has 2 aromatic rings. The molecule has 0 unspecified atom stereocenters. The summed E-state index contributed by atoms with van der Waals surface area (Å²) in [6.45, 7) is 0. The molecule has 1 aromatic carbocycles. The van der Waals surface area contributed by atoms with E-state index in [0.717, 1.165) is 4.47 Å². The number of hydrogen-bond donors (Lipinski definition) is 2. The third-order valence-corrected chi connectivity index (χ3v) is 4.14. The second kappa shape index (κ2) is 6.26. The predicted molar refractivity (Wildman–Crippen MR) is 88.8 cm³/mol. The molecule has 0 bridgehead atoms. The summed E-state index contributed by atoms with van der Waals surface area (Å²) in [5, 5.41) is 6.39. The number of halogens is 3. The summed E-state index contributed by atoms with van der Waals surface area (Å²) in [4.78, 5) is 4.15. The standard InChI is InChI=1S/C15H12BrF2N3S/c16-8-4-5-13(19-7-8)21-15(22)20-12-6-9(12)14-10(17)2-1-3-11(14)18/h1-5,7,9,12H,6H2,(H2,19,20,21,22)/t9-,12-/m1/s1. The van der Waals surface area contributed by atoms with Crippen molar-refractivity contribution in [2.24, 2.45) is 0 Å². The molecule has 0 aliphatic heterocycles. The molecule has 1 heterocycles. The van der Waals surface area contributed by atoms with Gasteiger partial charge >= 0.3 is 0 Å². The molecule has 2 atom stereocenters. The van der Waals surface area contributed by atoms with Crippen LogP contribution in [0.25, 0.3) is 0 Å². The normalized spacial score (nSPS) is 19.6. The zero-order valence-electron chi connectivity index (χ0n) is 11.3. The minimum atomic E-state index is -0.511. The molecule has 0 spiro atoms. The Bertz CT molecular complexity index is 688. The summed E-state index contributed by atoms with van der Waals surface area (Å²) in [6, 6.07) is 7.46. The molecule has 0 amide bonds. The zero-order valence-corrected chi connectivity index (χ0v) is 13.7. The van der Waals surface area contributed by atoms with E-state index in [1.807, 2.05) is 6.07 Å². The summed E-state index contributed by atoms with van der Waals surface area (Å²) in [7, 11) is 0. The Morgan fingerprint density at radius 3 is 2.59 bits per heavy atom. The van der Waals surface area contributed by atoms with E-state index in [0.29, 0.717) is 17.4 Å². The van der Waals surface area contributed by atoms with Crippen molar-refractivity contribution in [3.63, 3.8) is 0 Å². The molecular formula is C15H12BrF2N3S. The van der Waals surface area contributed by atoms with E-state index < -0.39 is 11.6 Å². The maximum atomic E-state index is 13.7. The number of aromatic nitrogens is 1. The molecule has 1 aromatic heterocycles. The van der Waals surface area contributed by atoms with Gasteiger partial charge in [0.05, 0.1) is 0 Å². The Kier molecular flexibility index (Phi) is 4.35. The summed E-state index contributed by atoms with van der Waals surface area (Å²) < 4.78 is 28.3. The van der Waals surface area contributed by atoms with Crippen LogP contribution in [0.3, 0.4) is 0 Å². The van der Waals surface area contributed by atoms with Gasteiger partial charge < -0.3 is 10.6 Å². The smallest absolute Gasteiger partial charge is 0.172 e. The van der Waals surface area contributed by atoms with Crippen LogP contribution in [-0.4, -0.2) is 16.1 Å². The van der Waals surface area contributed by atoms with Crippen LogP contribution in [0.4, 0.5) is 14.6 Å². The highest BCUT2D eigenvalue weighted by Crippen LogP contribution is 2.43. The summed E-state index contributed by atoms with van der Waals surface area (Å²) >= 11 is 8.49. The largest absolute Gasteiger partial charge is 0.359 e. The predicted octanol–water partition coefficient (Wildman–Crippen LogP) is 3.96. The molecule has 3 nitrogen and oxygen atoms in total. The van der Waals surface area contributed by atoms with E-state index in [-0.39, 0.29) is 17.5 Å². The van der Waals surface area contributed by atoms with Crippen molar-refractivity contribution in [1.82, 2.24) is 10.3 Å². The Labute approximate surface area is 140 Å². The molecule has 22 heavy (non-hydrogen) atoms. The molecule has 0 saturated heterocycles. The lowest BCUT2D eigenvalue weighted by Crippen LogP contribution is -2.31. The number of thiocarbonyl (C=S) groups is 1. The lowest BCUT2D eigenvalue weighted by molar-refractivity contribution is 0.554. The van der Waals surface area contributed by atoms with Crippen LogP contribution >= 0.6 is 28.1 Å². The number of pyridine rings is 1. The lowest BCUT2D eigenvalue weighted by atomic mass is 10.1. The number of nitrogens with zero attached hydrogens (tertiary/aromatic N) is 1. The van der Waals surface area contributed by atoms with Gasteiger partial charge in [0.2, 0.25) is 0 Å². The van der Waals surface area contributed by atoms with E-state index in [9.17, 15) is 8.78 Å². The van der Waals surface area contributed by atoms with Gasteiger partial charge in [-0.15, -0.1) is 0 Å². The third-order valence-electron chi connectivity index (χ3n) is 3.45. The quantitative estimate of drug-likeness (QED) is 0.786. The van der Waals surface area contributed by atoms with E-state index in [4.69, 9.17) is 12.2 Å². The Morgan fingerprint density at radius 2 is 1.95 bits per heavy atom. The van der Waals surface area contributed by atoms with Crippen LogP contribution < -0.4 is 10.6 Å². The highest BCUT2D eigenvalue weighted by Gasteiger charge is 2.42. The van der Waals surface area contributed by atoms with Crippen LogP contribution in [-0.2, 0) is 0 Å². The Morgan fingerprint density at radius 1 is 1.23 bits per heavy atom. The van der Waals surface area contributed by atoms with Crippen molar-refractivity contribution in [2.75, 3.05) is 5.32 Å². The third kappa shape index (κ3) is 3.41.